The van der Waals surface area contributed by atoms with Crippen molar-refractivity contribution in [2.75, 3.05) is 11.9 Å². The molecule has 138 valence electrons. The Balaban J connectivity index is 1.48. The van der Waals surface area contributed by atoms with E-state index in [9.17, 15) is 0 Å². The molecule has 0 spiro atoms. The fourth-order valence-corrected chi connectivity index (χ4v) is 4.32. The molecule has 26 heavy (non-hydrogen) atoms. The van der Waals surface area contributed by atoms with E-state index < -0.39 is 0 Å². The van der Waals surface area contributed by atoms with Crippen LogP contribution in [0.2, 0.25) is 0 Å². The molecule has 2 aromatic rings. The maximum absolute atomic E-state index is 4.81. The molecule has 2 N–H and O–H groups in total. The fraction of sp³-hybridized carbons (Fsp3) is 0.524. The third-order valence-corrected chi connectivity index (χ3v) is 5.50. The van der Waals surface area contributed by atoms with Crippen LogP contribution in [0, 0.1) is 13.8 Å². The first-order valence-corrected chi connectivity index (χ1v) is 9.57. The Kier molecular flexibility index (Phi) is 4.45. The maximum Gasteiger partial charge on any atom is 0.227 e. The van der Waals surface area contributed by atoms with Gasteiger partial charge in [-0.2, -0.15) is 0 Å². The average molecular weight is 351 g/mol. The van der Waals surface area contributed by atoms with Gasteiger partial charge in [-0.15, -0.1) is 0 Å². The molecule has 1 unspecified atom stereocenters. The SMILES string of the molecule is Cc1cc(C)cc(Nc2ncc3c(n2)CN(C2CCNC(C)(C)C2)C3)c1. The molecule has 1 atom stereocenters. The lowest BCUT2D eigenvalue weighted by Gasteiger charge is -2.40. The third kappa shape index (κ3) is 3.74. The van der Waals surface area contributed by atoms with Gasteiger partial charge in [0.25, 0.3) is 0 Å². The van der Waals surface area contributed by atoms with E-state index in [2.05, 4.69) is 66.4 Å². The van der Waals surface area contributed by atoms with E-state index in [-0.39, 0.29) is 5.54 Å². The molecular formula is C21H29N5. The van der Waals surface area contributed by atoms with Crippen molar-refractivity contribution in [3.63, 3.8) is 0 Å². The lowest BCUT2D eigenvalue weighted by atomic mass is 9.88. The molecule has 0 radical (unpaired) electrons. The van der Waals surface area contributed by atoms with E-state index in [1.165, 1.54) is 35.2 Å². The van der Waals surface area contributed by atoms with Gasteiger partial charge in [0, 0.05) is 42.1 Å². The highest BCUT2D eigenvalue weighted by Gasteiger charge is 2.34. The number of rotatable bonds is 3. The number of anilines is 2. The summed E-state index contributed by atoms with van der Waals surface area (Å²) < 4.78 is 0. The Morgan fingerprint density at radius 1 is 1.15 bits per heavy atom. The highest BCUT2D eigenvalue weighted by Crippen LogP contribution is 2.30. The van der Waals surface area contributed by atoms with Crippen LogP contribution in [0.3, 0.4) is 0 Å². The summed E-state index contributed by atoms with van der Waals surface area (Å²) in [5.74, 6) is 0.696. The van der Waals surface area contributed by atoms with E-state index in [1.807, 2.05) is 6.20 Å². The van der Waals surface area contributed by atoms with Gasteiger partial charge in [-0.3, -0.25) is 4.90 Å². The van der Waals surface area contributed by atoms with Crippen LogP contribution in [0.1, 0.15) is 49.1 Å². The first-order valence-electron chi connectivity index (χ1n) is 9.57. The van der Waals surface area contributed by atoms with Gasteiger partial charge in [-0.1, -0.05) is 6.07 Å². The molecule has 0 aliphatic carbocycles. The molecule has 4 rings (SSSR count). The molecule has 3 heterocycles. The van der Waals surface area contributed by atoms with Crippen molar-refractivity contribution in [1.82, 2.24) is 20.2 Å². The van der Waals surface area contributed by atoms with Crippen LogP contribution in [0.15, 0.2) is 24.4 Å². The minimum Gasteiger partial charge on any atom is -0.324 e. The van der Waals surface area contributed by atoms with Crippen LogP contribution < -0.4 is 10.6 Å². The number of benzene rings is 1. The number of aryl methyl sites for hydroxylation is 2. The van der Waals surface area contributed by atoms with Crippen molar-refractivity contribution < 1.29 is 0 Å². The van der Waals surface area contributed by atoms with Gasteiger partial charge < -0.3 is 10.6 Å². The molecule has 1 saturated heterocycles. The second-order valence-electron chi connectivity index (χ2n) is 8.53. The van der Waals surface area contributed by atoms with Gasteiger partial charge in [-0.25, -0.2) is 9.97 Å². The zero-order valence-electron chi connectivity index (χ0n) is 16.3. The quantitative estimate of drug-likeness (QED) is 0.883. The van der Waals surface area contributed by atoms with Crippen molar-refractivity contribution in [2.24, 2.45) is 0 Å². The zero-order valence-corrected chi connectivity index (χ0v) is 16.3. The molecule has 2 aliphatic rings. The normalized spacial score (nSPS) is 22.2. The number of nitrogens with one attached hydrogen (secondary N) is 2. The van der Waals surface area contributed by atoms with Crippen LogP contribution in [0.5, 0.6) is 0 Å². The summed E-state index contributed by atoms with van der Waals surface area (Å²) in [6, 6.07) is 7.06. The van der Waals surface area contributed by atoms with Crippen LogP contribution in [-0.2, 0) is 13.1 Å². The molecule has 1 fully saturated rings. The van der Waals surface area contributed by atoms with Crippen LogP contribution in [0.4, 0.5) is 11.6 Å². The molecule has 1 aromatic carbocycles. The van der Waals surface area contributed by atoms with Gasteiger partial charge in [-0.05, 0) is 70.3 Å². The Labute approximate surface area is 156 Å². The summed E-state index contributed by atoms with van der Waals surface area (Å²) in [6.07, 6.45) is 4.39. The minimum absolute atomic E-state index is 0.221. The number of piperidine rings is 1. The lowest BCUT2D eigenvalue weighted by Crippen LogP contribution is -2.52. The van der Waals surface area contributed by atoms with Crippen molar-refractivity contribution in [1.29, 1.82) is 0 Å². The van der Waals surface area contributed by atoms with E-state index in [0.717, 1.165) is 25.3 Å². The standard InChI is InChI=1S/C21H29N5/c1-14-7-15(2)9-17(8-14)24-20-22-11-16-12-26(13-19(16)25-20)18-5-6-23-21(3,4)10-18/h7-9,11,18,23H,5-6,10,12-13H2,1-4H3,(H,22,24,25). The number of hydrogen-bond acceptors (Lipinski definition) is 5. The maximum atomic E-state index is 4.81. The van der Waals surface area contributed by atoms with E-state index in [4.69, 9.17) is 4.98 Å². The minimum atomic E-state index is 0.221. The molecule has 1 aromatic heterocycles. The van der Waals surface area contributed by atoms with Crippen molar-refractivity contribution in [3.05, 3.63) is 46.8 Å². The summed E-state index contributed by atoms with van der Waals surface area (Å²) in [5, 5.41) is 6.99. The topological polar surface area (TPSA) is 53.1 Å². The number of fused-ring (bicyclic) bond motifs is 1. The molecule has 5 nitrogen and oxygen atoms in total. The van der Waals surface area contributed by atoms with Crippen LogP contribution in [-0.4, -0.2) is 33.0 Å². The highest BCUT2D eigenvalue weighted by atomic mass is 15.2. The number of aromatic nitrogens is 2. The Morgan fingerprint density at radius 2 is 1.92 bits per heavy atom. The summed E-state index contributed by atoms with van der Waals surface area (Å²) in [4.78, 5) is 11.9. The lowest BCUT2D eigenvalue weighted by molar-refractivity contribution is 0.117. The third-order valence-electron chi connectivity index (χ3n) is 5.50. The smallest absolute Gasteiger partial charge is 0.227 e. The number of nitrogens with zero attached hydrogens (tertiary/aromatic N) is 3. The monoisotopic (exact) mass is 351 g/mol. The summed E-state index contributed by atoms with van der Waals surface area (Å²) in [7, 11) is 0. The molecule has 0 saturated carbocycles. The van der Waals surface area contributed by atoms with E-state index in [1.54, 1.807) is 0 Å². The highest BCUT2D eigenvalue weighted by molar-refractivity contribution is 5.56. The second-order valence-corrected chi connectivity index (χ2v) is 8.53. The van der Waals surface area contributed by atoms with Gasteiger partial charge in [0.2, 0.25) is 5.95 Å². The molecule has 5 heteroatoms. The second kappa shape index (κ2) is 6.63. The van der Waals surface area contributed by atoms with Crippen molar-refractivity contribution in [3.8, 4) is 0 Å². The Morgan fingerprint density at radius 3 is 2.65 bits per heavy atom. The van der Waals surface area contributed by atoms with Gasteiger partial charge in [0.15, 0.2) is 0 Å². The zero-order chi connectivity index (χ0) is 18.3. The first kappa shape index (κ1) is 17.4. The van der Waals surface area contributed by atoms with E-state index in [0.29, 0.717) is 12.0 Å². The van der Waals surface area contributed by atoms with Gasteiger partial charge >= 0.3 is 0 Å². The van der Waals surface area contributed by atoms with Crippen molar-refractivity contribution >= 4 is 11.6 Å². The van der Waals surface area contributed by atoms with Gasteiger partial charge in [0.1, 0.15) is 0 Å². The summed E-state index contributed by atoms with van der Waals surface area (Å²) in [6.45, 7) is 11.8. The van der Waals surface area contributed by atoms with E-state index >= 15 is 0 Å². The van der Waals surface area contributed by atoms with Gasteiger partial charge in [0.05, 0.1) is 5.69 Å². The molecular weight excluding hydrogens is 322 g/mol. The first-order chi connectivity index (χ1) is 12.4. The predicted molar refractivity (Wildman–Crippen MR) is 106 cm³/mol. The van der Waals surface area contributed by atoms with Crippen LogP contribution >= 0.6 is 0 Å². The summed E-state index contributed by atoms with van der Waals surface area (Å²) >= 11 is 0. The molecule has 2 aliphatic heterocycles. The molecule has 0 amide bonds. The number of hydrogen-bond donors (Lipinski definition) is 2. The molecule has 0 bridgehead atoms. The Bertz CT molecular complexity index is 794. The largest absolute Gasteiger partial charge is 0.324 e. The average Bonchev–Trinajstić information content (AvgIpc) is 2.96. The van der Waals surface area contributed by atoms with Crippen LogP contribution in [0.25, 0.3) is 0 Å². The Hall–Kier alpha value is -1.98. The predicted octanol–water partition coefficient (Wildman–Crippen LogP) is 3.68. The van der Waals surface area contributed by atoms with Crippen molar-refractivity contribution in [2.45, 2.75) is 65.2 Å². The summed E-state index contributed by atoms with van der Waals surface area (Å²) in [5.41, 5.74) is 6.20. The fourth-order valence-electron chi connectivity index (χ4n) is 4.32.